The monoisotopic (exact) mass is 454 g/mol. The second-order valence-corrected chi connectivity index (χ2v) is 7.98. The van der Waals surface area contributed by atoms with Gasteiger partial charge in [-0.2, -0.15) is 5.10 Å². The third-order valence-corrected chi connectivity index (χ3v) is 5.79. The second kappa shape index (κ2) is 6.56. The summed E-state index contributed by atoms with van der Waals surface area (Å²) in [6.45, 7) is 2.00. The Hall–Kier alpha value is -1.68. The molecule has 1 aromatic carbocycles. The van der Waals surface area contributed by atoms with Gasteiger partial charge in [0.2, 0.25) is 0 Å². The number of hydrogen-bond acceptors (Lipinski definition) is 5. The number of amides is 1. The van der Waals surface area contributed by atoms with Crippen LogP contribution in [0.2, 0.25) is 0 Å². The SMILES string of the molecule is O=C(NCC1CC2(CCNCC2)C(=O)O1)c1n[nH]c2ccc(I)cc12. The van der Waals surface area contributed by atoms with Crippen LogP contribution in [0.1, 0.15) is 29.8 Å². The van der Waals surface area contributed by atoms with Crippen LogP contribution in [0.3, 0.4) is 0 Å². The van der Waals surface area contributed by atoms with E-state index >= 15 is 0 Å². The molecule has 1 unspecified atom stereocenters. The van der Waals surface area contributed by atoms with E-state index in [2.05, 4.69) is 43.4 Å². The highest BCUT2D eigenvalue weighted by molar-refractivity contribution is 14.1. The Bertz CT molecular complexity index is 828. The summed E-state index contributed by atoms with van der Waals surface area (Å²) in [6.07, 6.45) is 2.02. The van der Waals surface area contributed by atoms with Crippen molar-refractivity contribution in [3.8, 4) is 0 Å². The topological polar surface area (TPSA) is 96.1 Å². The van der Waals surface area contributed by atoms with E-state index in [1.165, 1.54) is 0 Å². The molecule has 0 radical (unpaired) electrons. The van der Waals surface area contributed by atoms with Gasteiger partial charge in [-0.25, -0.2) is 0 Å². The average Bonchev–Trinajstić information content (AvgIpc) is 3.15. The van der Waals surface area contributed by atoms with Crippen molar-refractivity contribution in [2.75, 3.05) is 19.6 Å². The molecule has 2 aliphatic rings. The van der Waals surface area contributed by atoms with Gasteiger partial charge < -0.3 is 15.4 Å². The predicted octanol–water partition coefficient (Wildman–Crippen LogP) is 1.58. The quantitative estimate of drug-likeness (QED) is 0.484. The summed E-state index contributed by atoms with van der Waals surface area (Å²) in [5.41, 5.74) is 0.830. The number of hydrogen-bond donors (Lipinski definition) is 3. The summed E-state index contributed by atoms with van der Waals surface area (Å²) in [6, 6.07) is 5.79. The van der Waals surface area contributed by atoms with Gasteiger partial charge in [0.25, 0.3) is 5.91 Å². The third kappa shape index (κ3) is 3.12. The van der Waals surface area contributed by atoms with Crippen LogP contribution < -0.4 is 10.6 Å². The van der Waals surface area contributed by atoms with E-state index in [4.69, 9.17) is 4.74 Å². The van der Waals surface area contributed by atoms with Gasteiger partial charge in [-0.05, 0) is 66.7 Å². The summed E-state index contributed by atoms with van der Waals surface area (Å²) in [5.74, 6) is -0.372. The van der Waals surface area contributed by atoms with E-state index in [0.717, 1.165) is 40.4 Å². The zero-order valence-corrected chi connectivity index (χ0v) is 15.8. The molecule has 3 heterocycles. The van der Waals surface area contributed by atoms with Gasteiger partial charge in [0, 0.05) is 15.4 Å². The lowest BCUT2D eigenvalue weighted by molar-refractivity contribution is -0.149. The molecule has 25 heavy (non-hydrogen) atoms. The van der Waals surface area contributed by atoms with Gasteiger partial charge in [-0.15, -0.1) is 0 Å². The van der Waals surface area contributed by atoms with E-state index in [1.807, 2.05) is 18.2 Å². The smallest absolute Gasteiger partial charge is 0.312 e. The number of piperidine rings is 1. The Morgan fingerprint density at radius 2 is 2.20 bits per heavy atom. The summed E-state index contributed by atoms with van der Waals surface area (Å²) in [4.78, 5) is 24.8. The molecule has 4 rings (SSSR count). The molecule has 132 valence electrons. The minimum absolute atomic E-state index is 0.118. The highest BCUT2D eigenvalue weighted by Crippen LogP contribution is 2.41. The number of aromatic nitrogens is 2. The number of carbonyl (C=O) groups excluding carboxylic acids is 2. The Kier molecular flexibility index (Phi) is 4.40. The van der Waals surface area contributed by atoms with Crippen molar-refractivity contribution in [2.24, 2.45) is 5.41 Å². The first-order valence-corrected chi connectivity index (χ1v) is 9.49. The minimum atomic E-state index is -0.365. The number of H-pyrrole nitrogens is 1. The molecule has 2 fully saturated rings. The molecule has 2 saturated heterocycles. The van der Waals surface area contributed by atoms with Gasteiger partial charge >= 0.3 is 5.97 Å². The summed E-state index contributed by atoms with van der Waals surface area (Å²) < 4.78 is 6.56. The van der Waals surface area contributed by atoms with Crippen molar-refractivity contribution < 1.29 is 14.3 Å². The van der Waals surface area contributed by atoms with Crippen molar-refractivity contribution in [3.63, 3.8) is 0 Å². The van der Waals surface area contributed by atoms with Crippen molar-refractivity contribution in [1.29, 1.82) is 0 Å². The predicted molar refractivity (Wildman–Crippen MR) is 100 cm³/mol. The standard InChI is InChI=1S/C17H19IN4O3/c18-10-1-2-13-12(7-10)14(22-21-13)15(23)20-9-11-8-17(16(24)25-11)3-5-19-6-4-17/h1-2,7,11,19H,3-6,8-9H2,(H,20,23)(H,21,22). The van der Waals surface area contributed by atoms with E-state index in [1.54, 1.807) is 0 Å². The number of nitrogens with zero attached hydrogens (tertiary/aromatic N) is 1. The molecule has 0 bridgehead atoms. The molecule has 1 spiro atoms. The molecule has 1 aromatic heterocycles. The molecule has 2 aromatic rings. The number of aromatic amines is 1. The first kappa shape index (κ1) is 16.8. The number of ether oxygens (including phenoxy) is 1. The Morgan fingerprint density at radius 1 is 1.40 bits per heavy atom. The molecule has 2 aliphatic heterocycles. The lowest BCUT2D eigenvalue weighted by Gasteiger charge is -2.29. The fraction of sp³-hybridized carbons (Fsp3) is 0.471. The number of fused-ring (bicyclic) bond motifs is 1. The maximum absolute atomic E-state index is 12.5. The number of esters is 1. The van der Waals surface area contributed by atoms with Crippen LogP contribution in [0.25, 0.3) is 10.9 Å². The van der Waals surface area contributed by atoms with E-state index in [0.29, 0.717) is 18.7 Å². The number of halogens is 1. The van der Waals surface area contributed by atoms with Gasteiger partial charge in [-0.1, -0.05) is 0 Å². The molecule has 0 saturated carbocycles. The molecule has 7 nitrogen and oxygen atoms in total. The molecule has 1 atom stereocenters. The number of nitrogens with one attached hydrogen (secondary N) is 3. The van der Waals surface area contributed by atoms with Crippen LogP contribution in [0.4, 0.5) is 0 Å². The van der Waals surface area contributed by atoms with Crippen molar-refractivity contribution >= 4 is 45.4 Å². The van der Waals surface area contributed by atoms with Crippen molar-refractivity contribution in [3.05, 3.63) is 27.5 Å². The highest BCUT2D eigenvalue weighted by Gasteiger charge is 2.49. The molecule has 1 amide bonds. The van der Waals surface area contributed by atoms with Gasteiger partial charge in [0.05, 0.1) is 17.5 Å². The maximum atomic E-state index is 12.5. The van der Waals surface area contributed by atoms with Gasteiger partial charge in [-0.3, -0.25) is 14.7 Å². The molecule has 3 N–H and O–H groups in total. The third-order valence-electron chi connectivity index (χ3n) is 5.12. The Labute approximate surface area is 158 Å². The van der Waals surface area contributed by atoms with Crippen molar-refractivity contribution in [2.45, 2.75) is 25.4 Å². The molecule has 8 heteroatoms. The van der Waals surface area contributed by atoms with Crippen LogP contribution in [0.5, 0.6) is 0 Å². The highest BCUT2D eigenvalue weighted by atomic mass is 127. The van der Waals surface area contributed by atoms with E-state index < -0.39 is 0 Å². The van der Waals surface area contributed by atoms with Gasteiger partial charge in [0.15, 0.2) is 5.69 Å². The van der Waals surface area contributed by atoms with Crippen LogP contribution in [0, 0.1) is 8.99 Å². The first-order valence-electron chi connectivity index (χ1n) is 8.41. The fourth-order valence-electron chi connectivity index (χ4n) is 3.71. The van der Waals surface area contributed by atoms with E-state index in [9.17, 15) is 9.59 Å². The van der Waals surface area contributed by atoms with E-state index in [-0.39, 0.29) is 23.4 Å². The lowest BCUT2D eigenvalue weighted by atomic mass is 9.76. The van der Waals surface area contributed by atoms with Crippen LogP contribution >= 0.6 is 22.6 Å². The van der Waals surface area contributed by atoms with Crippen LogP contribution in [-0.4, -0.2) is 47.8 Å². The summed E-state index contributed by atoms with van der Waals surface area (Å²) in [7, 11) is 0. The normalized spacial score (nSPS) is 22.3. The second-order valence-electron chi connectivity index (χ2n) is 6.73. The van der Waals surface area contributed by atoms with Crippen LogP contribution in [-0.2, 0) is 9.53 Å². The van der Waals surface area contributed by atoms with Gasteiger partial charge in [0.1, 0.15) is 6.10 Å². The largest absolute Gasteiger partial charge is 0.460 e. The van der Waals surface area contributed by atoms with Crippen LogP contribution in [0.15, 0.2) is 18.2 Å². The number of carbonyl (C=O) groups is 2. The number of cyclic esters (lactones) is 1. The fourth-order valence-corrected chi connectivity index (χ4v) is 4.21. The first-order chi connectivity index (χ1) is 12.1. The summed E-state index contributed by atoms with van der Waals surface area (Å²) >= 11 is 2.21. The molecular weight excluding hydrogens is 435 g/mol. The Morgan fingerprint density at radius 3 is 3.00 bits per heavy atom. The number of rotatable bonds is 3. The summed E-state index contributed by atoms with van der Waals surface area (Å²) in [5, 5.41) is 13.9. The molecule has 0 aliphatic carbocycles. The maximum Gasteiger partial charge on any atom is 0.312 e. The van der Waals surface area contributed by atoms with Crippen molar-refractivity contribution in [1.82, 2.24) is 20.8 Å². The zero-order chi connectivity index (χ0) is 17.4. The minimum Gasteiger partial charge on any atom is -0.460 e. The molecular formula is C17H19IN4O3. The Balaban J connectivity index is 1.42. The number of benzene rings is 1. The average molecular weight is 454 g/mol. The lowest BCUT2D eigenvalue weighted by Crippen LogP contribution is -2.39. The zero-order valence-electron chi connectivity index (χ0n) is 13.6.